The van der Waals surface area contributed by atoms with E-state index in [1.807, 2.05) is 0 Å². The largest absolute Gasteiger partial charge is 0.508 e. The van der Waals surface area contributed by atoms with Crippen LogP contribution in [0.5, 0.6) is 5.75 Å². The summed E-state index contributed by atoms with van der Waals surface area (Å²) in [5.74, 6) is -0.560. The molecule has 34 heavy (non-hydrogen) atoms. The maximum Gasteiger partial charge on any atom is 0.217 e. The van der Waals surface area contributed by atoms with Gasteiger partial charge >= 0.3 is 0 Å². The van der Waals surface area contributed by atoms with Gasteiger partial charge in [-0.1, -0.05) is 57.4 Å². The Hall–Kier alpha value is -2.15. The molecule has 2 aromatic rings. The van der Waals surface area contributed by atoms with Crippen LogP contribution in [0, 0.1) is 5.82 Å². The monoisotopic (exact) mass is 492 g/mol. The van der Waals surface area contributed by atoms with E-state index < -0.39 is 18.0 Å². The first kappa shape index (κ1) is 28.1. The van der Waals surface area contributed by atoms with Crippen molar-refractivity contribution in [2.45, 2.75) is 82.9 Å². The third kappa shape index (κ3) is 7.42. The molecule has 188 valence electrons. The van der Waals surface area contributed by atoms with Gasteiger partial charge in [-0.05, 0) is 54.0 Å². The Bertz CT molecular complexity index is 927. The van der Waals surface area contributed by atoms with Crippen molar-refractivity contribution in [1.82, 2.24) is 10.6 Å². The number of carbonyl (C=O) groups excluding carboxylic acids is 1. The molecule has 0 aliphatic heterocycles. The van der Waals surface area contributed by atoms with Crippen molar-refractivity contribution >= 4 is 18.3 Å². The van der Waals surface area contributed by atoms with E-state index in [0.29, 0.717) is 11.5 Å². The van der Waals surface area contributed by atoms with E-state index in [0.717, 1.165) is 31.7 Å². The van der Waals surface area contributed by atoms with Gasteiger partial charge in [0, 0.05) is 25.1 Å². The highest BCUT2D eigenvalue weighted by Gasteiger charge is 2.35. The average molecular weight is 493 g/mol. The van der Waals surface area contributed by atoms with Crippen molar-refractivity contribution in [3.05, 3.63) is 65.0 Å². The number of amides is 1. The fourth-order valence-corrected chi connectivity index (χ4v) is 4.91. The topological polar surface area (TPSA) is 81.6 Å². The van der Waals surface area contributed by atoms with E-state index >= 15 is 0 Å². The first-order chi connectivity index (χ1) is 15.7. The number of nitrogens with one attached hydrogen (secondary N) is 2. The Balaban J connectivity index is 0.00000408. The predicted molar refractivity (Wildman–Crippen MR) is 136 cm³/mol. The van der Waals surface area contributed by atoms with E-state index in [9.17, 15) is 19.4 Å². The number of phenols is 1. The molecule has 4 N–H and O–H groups in total. The number of benzene rings is 2. The van der Waals surface area contributed by atoms with Crippen molar-refractivity contribution in [2.75, 3.05) is 6.54 Å². The summed E-state index contributed by atoms with van der Waals surface area (Å²) >= 11 is 0. The summed E-state index contributed by atoms with van der Waals surface area (Å²) in [5, 5.41) is 27.2. The Morgan fingerprint density at radius 2 is 1.82 bits per heavy atom. The SMILES string of the molecule is CC(=O)N[C@@H](Cc1cc(O)cc(F)c1)[C@@H](O)CNC1(c2cccc(C(C)C)c2)CCCCC1.Cl. The summed E-state index contributed by atoms with van der Waals surface area (Å²) in [4.78, 5) is 11.8. The lowest BCUT2D eigenvalue weighted by atomic mass is 9.75. The number of halogens is 2. The van der Waals surface area contributed by atoms with E-state index in [1.165, 1.54) is 36.6 Å². The van der Waals surface area contributed by atoms with Gasteiger partial charge in [-0.15, -0.1) is 12.4 Å². The quantitative estimate of drug-likeness (QED) is 0.400. The minimum absolute atomic E-state index is 0. The van der Waals surface area contributed by atoms with Gasteiger partial charge < -0.3 is 20.8 Å². The highest BCUT2D eigenvalue weighted by Crippen LogP contribution is 2.38. The first-order valence-electron chi connectivity index (χ1n) is 12.0. The molecule has 1 fully saturated rings. The van der Waals surface area contributed by atoms with Crippen LogP contribution in [0.25, 0.3) is 0 Å². The van der Waals surface area contributed by atoms with Gasteiger partial charge in [0.25, 0.3) is 0 Å². The summed E-state index contributed by atoms with van der Waals surface area (Å²) in [6, 6.07) is 11.9. The van der Waals surface area contributed by atoms with Crippen molar-refractivity contribution in [1.29, 1.82) is 0 Å². The summed E-state index contributed by atoms with van der Waals surface area (Å²) in [6.07, 6.45) is 4.75. The number of hydrogen-bond donors (Lipinski definition) is 4. The number of aliphatic hydroxyl groups excluding tert-OH is 1. The third-order valence-electron chi connectivity index (χ3n) is 6.71. The Morgan fingerprint density at radius 3 is 2.44 bits per heavy atom. The minimum atomic E-state index is -0.883. The second-order valence-corrected chi connectivity index (χ2v) is 9.70. The molecule has 0 aromatic heterocycles. The highest BCUT2D eigenvalue weighted by molar-refractivity contribution is 5.85. The van der Waals surface area contributed by atoms with Gasteiger partial charge in [0.15, 0.2) is 0 Å². The van der Waals surface area contributed by atoms with Crippen LogP contribution in [-0.4, -0.2) is 34.8 Å². The number of carbonyl (C=O) groups is 1. The van der Waals surface area contributed by atoms with E-state index in [2.05, 4.69) is 48.7 Å². The lowest BCUT2D eigenvalue weighted by Gasteiger charge is -2.40. The molecule has 0 spiro atoms. The summed E-state index contributed by atoms with van der Waals surface area (Å²) in [6.45, 7) is 6.06. The fourth-order valence-electron chi connectivity index (χ4n) is 4.91. The number of phenolic OH excluding ortho intramolecular Hbond substituents is 1. The molecule has 1 saturated carbocycles. The summed E-state index contributed by atoms with van der Waals surface area (Å²) < 4.78 is 13.7. The van der Waals surface area contributed by atoms with Crippen LogP contribution in [0.4, 0.5) is 4.39 Å². The molecule has 1 aliphatic carbocycles. The lowest BCUT2D eigenvalue weighted by Crippen LogP contribution is -2.53. The molecular formula is C27H38ClFN2O3. The number of hydrogen-bond acceptors (Lipinski definition) is 4. The first-order valence-corrected chi connectivity index (χ1v) is 12.0. The van der Waals surface area contributed by atoms with Crippen LogP contribution in [0.15, 0.2) is 42.5 Å². The van der Waals surface area contributed by atoms with Gasteiger partial charge in [-0.25, -0.2) is 4.39 Å². The second-order valence-electron chi connectivity index (χ2n) is 9.70. The zero-order valence-electron chi connectivity index (χ0n) is 20.3. The number of aliphatic hydroxyl groups is 1. The third-order valence-corrected chi connectivity index (χ3v) is 6.71. The molecular weight excluding hydrogens is 455 g/mol. The van der Waals surface area contributed by atoms with Gasteiger partial charge in [0.05, 0.1) is 12.1 Å². The zero-order valence-corrected chi connectivity index (χ0v) is 21.1. The maximum absolute atomic E-state index is 13.7. The van der Waals surface area contributed by atoms with Crippen LogP contribution in [0.2, 0.25) is 0 Å². The van der Waals surface area contributed by atoms with Crippen LogP contribution >= 0.6 is 12.4 Å². The van der Waals surface area contributed by atoms with Gasteiger partial charge in [0.2, 0.25) is 5.91 Å². The molecule has 0 saturated heterocycles. The summed E-state index contributed by atoms with van der Waals surface area (Å²) in [5.41, 5.74) is 2.83. The zero-order chi connectivity index (χ0) is 24.0. The van der Waals surface area contributed by atoms with Gasteiger partial charge in [0.1, 0.15) is 11.6 Å². The molecule has 5 nitrogen and oxygen atoms in total. The van der Waals surface area contributed by atoms with Crippen molar-refractivity contribution < 1.29 is 19.4 Å². The number of aromatic hydroxyl groups is 1. The van der Waals surface area contributed by atoms with Crippen LogP contribution in [0.3, 0.4) is 0 Å². The molecule has 3 rings (SSSR count). The molecule has 2 atom stereocenters. The van der Waals surface area contributed by atoms with E-state index in [-0.39, 0.29) is 42.6 Å². The summed E-state index contributed by atoms with van der Waals surface area (Å²) in [7, 11) is 0. The van der Waals surface area contributed by atoms with Crippen LogP contribution in [0.1, 0.15) is 75.5 Å². The smallest absolute Gasteiger partial charge is 0.217 e. The molecule has 0 bridgehead atoms. The van der Waals surface area contributed by atoms with Crippen molar-refractivity contribution in [3.63, 3.8) is 0 Å². The van der Waals surface area contributed by atoms with Crippen LogP contribution in [-0.2, 0) is 16.8 Å². The van der Waals surface area contributed by atoms with Gasteiger partial charge in [-0.3, -0.25) is 4.79 Å². The average Bonchev–Trinajstić information content (AvgIpc) is 2.77. The second kappa shape index (κ2) is 12.5. The molecule has 1 aliphatic rings. The molecule has 0 unspecified atom stereocenters. The molecule has 0 radical (unpaired) electrons. The molecule has 2 aromatic carbocycles. The normalized spacial score (nSPS) is 17.0. The Labute approximate surface area is 208 Å². The lowest BCUT2D eigenvalue weighted by molar-refractivity contribution is -0.120. The van der Waals surface area contributed by atoms with Crippen molar-refractivity contribution in [3.8, 4) is 5.75 Å². The fraction of sp³-hybridized carbons (Fsp3) is 0.519. The standard InChI is InChI=1S/C27H37FN2O3.ClH/c1-18(2)21-8-7-9-22(15-21)27(10-5-4-6-11-27)29-17-26(33)25(30-19(3)31)14-20-12-23(28)16-24(32)13-20;/h7-9,12-13,15-16,18,25-26,29,32-33H,4-6,10-11,14,17H2,1-3H3,(H,30,31);1H/t25-,26-;/m0./s1. The van der Waals surface area contributed by atoms with E-state index in [1.54, 1.807) is 0 Å². The minimum Gasteiger partial charge on any atom is -0.508 e. The molecule has 1 amide bonds. The van der Waals surface area contributed by atoms with Gasteiger partial charge in [-0.2, -0.15) is 0 Å². The number of rotatable bonds is 9. The van der Waals surface area contributed by atoms with E-state index in [4.69, 9.17) is 0 Å². The Morgan fingerprint density at radius 1 is 1.12 bits per heavy atom. The molecule has 0 heterocycles. The maximum atomic E-state index is 13.7. The Kier molecular flexibility index (Phi) is 10.3. The highest BCUT2D eigenvalue weighted by atomic mass is 35.5. The van der Waals surface area contributed by atoms with Crippen LogP contribution < -0.4 is 10.6 Å². The molecule has 7 heteroatoms. The predicted octanol–water partition coefficient (Wildman–Crippen LogP) is 4.93. The van der Waals surface area contributed by atoms with Crippen molar-refractivity contribution in [2.24, 2.45) is 0 Å².